The van der Waals surface area contributed by atoms with Gasteiger partial charge in [-0.1, -0.05) is 36.4 Å². The second kappa shape index (κ2) is 7.49. The van der Waals surface area contributed by atoms with Crippen LogP contribution in [0.1, 0.15) is 29.5 Å². The van der Waals surface area contributed by atoms with E-state index in [2.05, 4.69) is 47.6 Å². The molecule has 1 unspecified atom stereocenters. The van der Waals surface area contributed by atoms with E-state index < -0.39 is 6.09 Å². The Balaban J connectivity index is 1.96. The Morgan fingerprint density at radius 2 is 2.04 bits per heavy atom. The molecule has 3 rings (SSSR count). The first-order valence-electron chi connectivity index (χ1n) is 8.49. The molecule has 4 heteroatoms. The second-order valence-corrected chi connectivity index (χ2v) is 6.26. The number of carbonyl (C=O) groups is 1. The predicted octanol–water partition coefficient (Wildman–Crippen LogP) is 3.41. The average Bonchev–Trinajstić information content (AvgIpc) is 2.75. The van der Waals surface area contributed by atoms with E-state index in [0.717, 1.165) is 19.5 Å². The summed E-state index contributed by atoms with van der Waals surface area (Å²) >= 11 is 0. The van der Waals surface area contributed by atoms with Crippen molar-refractivity contribution in [3.05, 3.63) is 65.2 Å². The molecular formula is C20H24N2O2. The zero-order valence-corrected chi connectivity index (χ0v) is 14.3. The van der Waals surface area contributed by atoms with Crippen molar-refractivity contribution in [1.82, 2.24) is 10.2 Å². The topological polar surface area (TPSA) is 41.6 Å². The highest BCUT2D eigenvalue weighted by atomic mass is 16.6. The molecule has 0 radical (unpaired) electrons. The van der Waals surface area contributed by atoms with Gasteiger partial charge >= 0.3 is 6.09 Å². The molecule has 1 aliphatic rings. The van der Waals surface area contributed by atoms with Crippen molar-refractivity contribution in [2.24, 2.45) is 0 Å². The zero-order valence-electron chi connectivity index (χ0n) is 14.3. The van der Waals surface area contributed by atoms with E-state index in [4.69, 9.17) is 4.74 Å². The number of amides is 1. The first-order chi connectivity index (χ1) is 11.7. The number of nitrogens with one attached hydrogen (secondary N) is 1. The molecule has 1 heterocycles. The zero-order chi connectivity index (χ0) is 16.9. The first kappa shape index (κ1) is 16.5. The summed E-state index contributed by atoms with van der Waals surface area (Å²) in [5, 5.41) is 2.67. The summed E-state index contributed by atoms with van der Waals surface area (Å²) in [5.74, 6) is 0.886. The summed E-state index contributed by atoms with van der Waals surface area (Å²) in [6.45, 7) is 4.43. The number of rotatable bonds is 3. The van der Waals surface area contributed by atoms with Crippen molar-refractivity contribution < 1.29 is 9.53 Å². The van der Waals surface area contributed by atoms with Crippen LogP contribution in [0.25, 0.3) is 0 Å². The quantitative estimate of drug-likeness (QED) is 0.941. The third kappa shape index (κ3) is 3.77. The second-order valence-electron chi connectivity index (χ2n) is 6.26. The molecule has 0 saturated carbocycles. The highest BCUT2D eigenvalue weighted by molar-refractivity contribution is 5.70. The van der Waals surface area contributed by atoms with Gasteiger partial charge in [0, 0.05) is 25.6 Å². The first-order valence-corrected chi connectivity index (χ1v) is 8.49. The van der Waals surface area contributed by atoms with Gasteiger partial charge in [0.25, 0.3) is 0 Å². The fourth-order valence-corrected chi connectivity index (χ4v) is 3.26. The number of carbonyl (C=O) groups excluding carboxylic acids is 1. The van der Waals surface area contributed by atoms with Crippen molar-refractivity contribution in [3.8, 4) is 5.75 Å². The molecule has 2 aromatic carbocycles. The lowest BCUT2D eigenvalue weighted by molar-refractivity contribution is 0.201. The van der Waals surface area contributed by atoms with Gasteiger partial charge in [-0.3, -0.25) is 0 Å². The Morgan fingerprint density at radius 3 is 2.79 bits per heavy atom. The molecule has 0 aliphatic carbocycles. The average molecular weight is 324 g/mol. The van der Waals surface area contributed by atoms with Gasteiger partial charge in [-0.05, 0) is 49.2 Å². The van der Waals surface area contributed by atoms with E-state index in [1.165, 1.54) is 16.7 Å². The smallest absolute Gasteiger partial charge is 0.410 e. The SMILES string of the molecule is CCNC(=O)Oc1ccc2c(c1)C(c1ccccc1)CN(C)CC2. The lowest BCUT2D eigenvalue weighted by Gasteiger charge is -2.22. The van der Waals surface area contributed by atoms with Gasteiger partial charge in [0.05, 0.1) is 0 Å². The van der Waals surface area contributed by atoms with Crippen molar-refractivity contribution in [2.45, 2.75) is 19.3 Å². The molecule has 0 aromatic heterocycles. The summed E-state index contributed by atoms with van der Waals surface area (Å²) in [6.07, 6.45) is 0.607. The van der Waals surface area contributed by atoms with E-state index in [-0.39, 0.29) is 5.92 Å². The third-order valence-electron chi connectivity index (χ3n) is 4.48. The van der Waals surface area contributed by atoms with Gasteiger partial charge in [0.2, 0.25) is 0 Å². The molecular weight excluding hydrogens is 300 g/mol. The van der Waals surface area contributed by atoms with Crippen molar-refractivity contribution >= 4 is 6.09 Å². The number of fused-ring (bicyclic) bond motifs is 1. The lowest BCUT2D eigenvalue weighted by atomic mass is 9.88. The molecule has 126 valence electrons. The molecule has 24 heavy (non-hydrogen) atoms. The van der Waals surface area contributed by atoms with Crippen LogP contribution in [0.2, 0.25) is 0 Å². The van der Waals surface area contributed by atoms with Crippen molar-refractivity contribution in [3.63, 3.8) is 0 Å². The van der Waals surface area contributed by atoms with Crippen LogP contribution >= 0.6 is 0 Å². The minimum atomic E-state index is -0.403. The number of hydrogen-bond acceptors (Lipinski definition) is 3. The number of likely N-dealkylation sites (N-methyl/N-ethyl adjacent to an activating group) is 1. The van der Waals surface area contributed by atoms with Gasteiger partial charge in [0.15, 0.2) is 0 Å². The predicted molar refractivity (Wildman–Crippen MR) is 95.6 cm³/mol. The van der Waals surface area contributed by atoms with E-state index in [0.29, 0.717) is 12.3 Å². The third-order valence-corrected chi connectivity index (χ3v) is 4.48. The van der Waals surface area contributed by atoms with Crippen LogP contribution in [-0.2, 0) is 6.42 Å². The summed E-state index contributed by atoms with van der Waals surface area (Å²) < 4.78 is 5.41. The molecule has 0 spiro atoms. The highest BCUT2D eigenvalue weighted by Gasteiger charge is 2.23. The maximum atomic E-state index is 11.7. The largest absolute Gasteiger partial charge is 0.412 e. The number of nitrogens with zero attached hydrogens (tertiary/aromatic N) is 1. The molecule has 1 aliphatic heterocycles. The normalized spacial score (nSPS) is 17.7. The van der Waals surface area contributed by atoms with E-state index in [9.17, 15) is 4.79 Å². The number of hydrogen-bond donors (Lipinski definition) is 1. The van der Waals surface area contributed by atoms with Gasteiger partial charge in [-0.2, -0.15) is 0 Å². The minimum absolute atomic E-state index is 0.284. The molecule has 0 fully saturated rings. The van der Waals surface area contributed by atoms with E-state index in [1.807, 2.05) is 25.1 Å². The Labute approximate surface area is 143 Å². The van der Waals surface area contributed by atoms with Gasteiger partial charge < -0.3 is 15.0 Å². The fourth-order valence-electron chi connectivity index (χ4n) is 3.26. The van der Waals surface area contributed by atoms with Crippen LogP contribution in [0.15, 0.2) is 48.5 Å². The number of benzene rings is 2. The number of ether oxygens (including phenoxy) is 1. The van der Waals surface area contributed by atoms with Crippen LogP contribution < -0.4 is 10.1 Å². The molecule has 4 nitrogen and oxygen atoms in total. The summed E-state index contributed by atoms with van der Waals surface area (Å²) in [6, 6.07) is 16.6. The van der Waals surface area contributed by atoms with Crippen molar-refractivity contribution in [1.29, 1.82) is 0 Å². The lowest BCUT2D eigenvalue weighted by Crippen LogP contribution is -2.26. The van der Waals surface area contributed by atoms with Gasteiger partial charge in [0.1, 0.15) is 5.75 Å². The molecule has 1 amide bonds. The molecule has 0 bridgehead atoms. The molecule has 1 N–H and O–H groups in total. The van der Waals surface area contributed by atoms with Crippen molar-refractivity contribution in [2.75, 3.05) is 26.7 Å². The molecule has 0 saturated heterocycles. The van der Waals surface area contributed by atoms with E-state index >= 15 is 0 Å². The maximum Gasteiger partial charge on any atom is 0.412 e. The fraction of sp³-hybridized carbons (Fsp3) is 0.350. The Morgan fingerprint density at radius 1 is 1.25 bits per heavy atom. The Bertz CT molecular complexity index is 700. The van der Waals surface area contributed by atoms with Crippen LogP contribution in [0.4, 0.5) is 4.79 Å². The molecule has 2 aromatic rings. The molecule has 1 atom stereocenters. The van der Waals surface area contributed by atoms with Crippen LogP contribution in [0.5, 0.6) is 5.75 Å². The Hall–Kier alpha value is -2.33. The van der Waals surface area contributed by atoms with Crippen LogP contribution in [0.3, 0.4) is 0 Å². The maximum absolute atomic E-state index is 11.7. The summed E-state index contributed by atoms with van der Waals surface area (Å²) in [4.78, 5) is 14.1. The summed E-state index contributed by atoms with van der Waals surface area (Å²) in [7, 11) is 2.16. The van der Waals surface area contributed by atoms with Gasteiger partial charge in [-0.25, -0.2) is 4.79 Å². The summed E-state index contributed by atoms with van der Waals surface area (Å²) in [5.41, 5.74) is 3.88. The monoisotopic (exact) mass is 324 g/mol. The Kier molecular flexibility index (Phi) is 5.16. The van der Waals surface area contributed by atoms with Crippen LogP contribution in [-0.4, -0.2) is 37.7 Å². The van der Waals surface area contributed by atoms with Crippen LogP contribution in [0, 0.1) is 0 Å². The standard InChI is InChI=1S/C20H24N2O2/c1-3-21-20(23)24-17-10-9-16-11-12-22(2)14-19(18(16)13-17)15-7-5-4-6-8-15/h4-10,13,19H,3,11-12,14H2,1-2H3,(H,21,23). The highest BCUT2D eigenvalue weighted by Crippen LogP contribution is 2.33. The van der Waals surface area contributed by atoms with Gasteiger partial charge in [-0.15, -0.1) is 0 Å². The minimum Gasteiger partial charge on any atom is -0.410 e. The van der Waals surface area contributed by atoms with E-state index in [1.54, 1.807) is 0 Å².